The van der Waals surface area contributed by atoms with Gasteiger partial charge < -0.3 is 20.2 Å². The summed E-state index contributed by atoms with van der Waals surface area (Å²) in [6.45, 7) is 18.1. The predicted molar refractivity (Wildman–Crippen MR) is 173 cm³/mol. The van der Waals surface area contributed by atoms with Crippen molar-refractivity contribution in [1.29, 1.82) is 0 Å². The fraction of sp³-hybridized carbons (Fsp3) is 0.647. The van der Waals surface area contributed by atoms with Crippen molar-refractivity contribution in [2.75, 3.05) is 39.3 Å². The molecule has 9 heteroatoms. The van der Waals surface area contributed by atoms with Crippen LogP contribution in [-0.4, -0.2) is 83.9 Å². The Morgan fingerprint density at radius 3 is 2.47 bits per heavy atom. The topological polar surface area (TPSA) is 71.4 Å². The van der Waals surface area contributed by atoms with Gasteiger partial charge in [-0.25, -0.2) is 13.6 Å². The number of allylic oxidation sites excluding steroid dienone is 3. The van der Waals surface area contributed by atoms with E-state index >= 15 is 0 Å². The number of aliphatic imine (C=N–C) groups is 1. The molecule has 0 radical (unpaired) electrons. The molecule has 0 bridgehead atoms. The summed E-state index contributed by atoms with van der Waals surface area (Å²) in [6.07, 6.45) is 10.2. The first kappa shape index (κ1) is 34.5. The van der Waals surface area contributed by atoms with Crippen LogP contribution in [0.2, 0.25) is 0 Å². The number of urea groups is 1. The highest BCUT2D eigenvalue weighted by molar-refractivity contribution is 5.76. The molecule has 1 atom stereocenters. The van der Waals surface area contributed by atoms with Crippen LogP contribution in [0.4, 0.5) is 13.6 Å². The summed E-state index contributed by atoms with van der Waals surface area (Å²) < 4.78 is 27.5. The third-order valence-corrected chi connectivity index (χ3v) is 8.70. The third kappa shape index (κ3) is 9.52. The molecule has 2 saturated heterocycles. The number of aromatic hydroxyl groups is 1. The van der Waals surface area contributed by atoms with Crippen molar-refractivity contribution < 1.29 is 18.7 Å². The molecule has 2 N–H and O–H groups in total. The van der Waals surface area contributed by atoms with E-state index in [9.17, 15) is 18.7 Å². The van der Waals surface area contributed by atoms with Crippen LogP contribution in [0.5, 0.6) is 5.75 Å². The lowest BCUT2D eigenvalue weighted by molar-refractivity contribution is 0.0172. The minimum absolute atomic E-state index is 0.203. The van der Waals surface area contributed by atoms with Gasteiger partial charge in [-0.1, -0.05) is 33.3 Å². The number of amides is 2. The molecule has 0 spiro atoms. The first-order valence-corrected chi connectivity index (χ1v) is 16.2. The Labute approximate surface area is 257 Å². The number of phenolic OH excluding ortho intramolecular Hbond substituents is 1. The molecule has 240 valence electrons. The highest BCUT2D eigenvalue weighted by atomic mass is 19.3. The average molecular weight is 602 g/mol. The lowest BCUT2D eigenvalue weighted by Crippen LogP contribution is -2.54. The van der Waals surface area contributed by atoms with Crippen LogP contribution in [0, 0.1) is 0 Å². The van der Waals surface area contributed by atoms with Crippen LogP contribution in [-0.2, 0) is 5.92 Å². The number of piperidine rings is 2. The molecule has 2 heterocycles. The predicted octanol–water partition coefficient (Wildman–Crippen LogP) is 7.38. The Morgan fingerprint density at radius 2 is 1.88 bits per heavy atom. The molecule has 2 aliphatic rings. The zero-order valence-corrected chi connectivity index (χ0v) is 27.0. The van der Waals surface area contributed by atoms with E-state index in [1.807, 2.05) is 17.9 Å². The van der Waals surface area contributed by atoms with Crippen LogP contribution in [0.1, 0.15) is 97.1 Å². The number of phenols is 1. The number of carbonyl (C=O) groups is 1. The molecule has 1 unspecified atom stereocenters. The maximum atomic E-state index is 13.7. The van der Waals surface area contributed by atoms with E-state index in [-0.39, 0.29) is 17.3 Å². The lowest BCUT2D eigenvalue weighted by Gasteiger charge is -2.43. The Kier molecular flexibility index (Phi) is 13.0. The summed E-state index contributed by atoms with van der Waals surface area (Å²) in [5, 5.41) is 14.3. The van der Waals surface area contributed by atoms with Crippen molar-refractivity contribution in [3.63, 3.8) is 0 Å². The number of nitrogens with one attached hydrogen (secondary N) is 1. The van der Waals surface area contributed by atoms with E-state index in [2.05, 4.69) is 47.6 Å². The Balaban J connectivity index is 1.63. The molecule has 2 amide bonds. The second-order valence-corrected chi connectivity index (χ2v) is 12.2. The van der Waals surface area contributed by atoms with Gasteiger partial charge in [-0.05, 0) is 88.9 Å². The largest absolute Gasteiger partial charge is 0.507 e. The number of alkyl halides is 2. The minimum atomic E-state index is -3.04. The van der Waals surface area contributed by atoms with Gasteiger partial charge in [-0.15, -0.1) is 0 Å². The quantitative estimate of drug-likeness (QED) is 0.183. The summed E-state index contributed by atoms with van der Waals surface area (Å²) >= 11 is 0. The van der Waals surface area contributed by atoms with Gasteiger partial charge >= 0.3 is 6.03 Å². The fourth-order valence-corrected chi connectivity index (χ4v) is 6.27. The lowest BCUT2D eigenvalue weighted by atomic mass is 9.97. The molecule has 3 rings (SSSR count). The van der Waals surface area contributed by atoms with Gasteiger partial charge in [0, 0.05) is 68.6 Å². The number of likely N-dealkylation sites (tertiary alicyclic amines) is 2. The molecule has 0 aromatic heterocycles. The van der Waals surface area contributed by atoms with Gasteiger partial charge in [0.05, 0.1) is 5.70 Å². The zero-order chi connectivity index (χ0) is 31.6. The van der Waals surface area contributed by atoms with Crippen LogP contribution in [0.25, 0.3) is 5.70 Å². The second kappa shape index (κ2) is 16.2. The summed E-state index contributed by atoms with van der Waals surface area (Å²) in [5.41, 5.74) is 2.46. The molecule has 0 saturated carbocycles. The third-order valence-electron chi connectivity index (χ3n) is 8.70. The number of carbonyl (C=O) groups excluding carboxylic acids is 1. The van der Waals surface area contributed by atoms with Crippen molar-refractivity contribution in [1.82, 2.24) is 20.0 Å². The SMILES string of the molecule is C=N/C(=C(C)\C=C(/CC)NC1CCCN(C2CCN(C(=O)N(CCC)CCCC)CC2)C1)c1ccc(C(C)(F)F)cc1O. The second-order valence-electron chi connectivity index (χ2n) is 12.2. The van der Waals surface area contributed by atoms with Crippen molar-refractivity contribution >= 4 is 18.4 Å². The standard InChI is InChI=1S/C34H53F2N5O2/c1-7-10-18-39(17-8-2)33(43)40-20-15-29(16-21-40)41-19-11-12-28(24-41)38-27(9-3)22-25(4)32(37-6)30-14-13-26(23-31(30)42)34(5,35)36/h13-14,22-23,28-29,38,42H,6-12,15-21,24H2,1-5H3/b27-22+,32-25-. The molecular weight excluding hydrogens is 548 g/mol. The van der Waals surface area contributed by atoms with Crippen molar-refractivity contribution in [2.45, 2.75) is 104 Å². The van der Waals surface area contributed by atoms with Gasteiger partial charge in [-0.3, -0.25) is 9.89 Å². The maximum Gasteiger partial charge on any atom is 0.319 e. The Bertz CT molecular complexity index is 1140. The highest BCUT2D eigenvalue weighted by Gasteiger charge is 2.32. The van der Waals surface area contributed by atoms with E-state index in [0.29, 0.717) is 23.3 Å². The van der Waals surface area contributed by atoms with Crippen LogP contribution >= 0.6 is 0 Å². The molecule has 7 nitrogen and oxygen atoms in total. The smallest absolute Gasteiger partial charge is 0.319 e. The molecular formula is C34H53F2N5O2. The van der Waals surface area contributed by atoms with Crippen molar-refractivity contribution in [3.8, 4) is 5.75 Å². The summed E-state index contributed by atoms with van der Waals surface area (Å²) in [7, 11) is 0. The van der Waals surface area contributed by atoms with E-state index in [1.54, 1.807) is 0 Å². The molecule has 2 fully saturated rings. The summed E-state index contributed by atoms with van der Waals surface area (Å²) in [5.74, 6) is -3.28. The number of benzene rings is 1. The van der Waals surface area contributed by atoms with Crippen molar-refractivity contribution in [2.24, 2.45) is 4.99 Å². The zero-order valence-electron chi connectivity index (χ0n) is 27.0. The van der Waals surface area contributed by atoms with Crippen molar-refractivity contribution in [3.05, 3.63) is 46.7 Å². The number of hydrogen-bond acceptors (Lipinski definition) is 5. The van der Waals surface area contributed by atoms with Gasteiger partial charge in [0.25, 0.3) is 5.92 Å². The maximum absolute atomic E-state index is 13.7. The first-order chi connectivity index (χ1) is 20.5. The highest BCUT2D eigenvalue weighted by Crippen LogP contribution is 2.35. The van der Waals surface area contributed by atoms with E-state index in [4.69, 9.17) is 0 Å². The Hall–Kier alpha value is -2.94. The molecule has 0 aliphatic carbocycles. The Morgan fingerprint density at radius 1 is 1.16 bits per heavy atom. The van der Waals surface area contributed by atoms with E-state index in [1.165, 1.54) is 12.1 Å². The fourth-order valence-electron chi connectivity index (χ4n) is 6.27. The average Bonchev–Trinajstić information content (AvgIpc) is 2.99. The normalized spacial score (nSPS) is 19.7. The monoisotopic (exact) mass is 601 g/mol. The first-order valence-electron chi connectivity index (χ1n) is 16.2. The van der Waals surface area contributed by atoms with Gasteiger partial charge in [0.15, 0.2) is 0 Å². The number of unbranched alkanes of at least 4 members (excludes halogenated alkanes) is 1. The van der Waals surface area contributed by atoms with E-state index in [0.717, 1.165) is 115 Å². The van der Waals surface area contributed by atoms with Gasteiger partial charge in [-0.2, -0.15) is 0 Å². The molecule has 2 aliphatic heterocycles. The van der Waals surface area contributed by atoms with Gasteiger partial charge in [0.2, 0.25) is 0 Å². The van der Waals surface area contributed by atoms with Crippen LogP contribution < -0.4 is 5.32 Å². The summed E-state index contributed by atoms with van der Waals surface area (Å²) in [4.78, 5) is 24.0. The number of halogens is 2. The number of hydrogen-bond donors (Lipinski definition) is 2. The van der Waals surface area contributed by atoms with Gasteiger partial charge in [0.1, 0.15) is 5.75 Å². The number of nitrogens with zero attached hydrogens (tertiary/aromatic N) is 4. The molecule has 43 heavy (non-hydrogen) atoms. The summed E-state index contributed by atoms with van der Waals surface area (Å²) in [6, 6.07) is 4.89. The minimum Gasteiger partial charge on any atom is -0.507 e. The van der Waals surface area contributed by atoms with Crippen LogP contribution in [0.15, 0.2) is 40.5 Å². The van der Waals surface area contributed by atoms with E-state index < -0.39 is 5.92 Å². The number of rotatable bonds is 13. The van der Waals surface area contributed by atoms with Crippen LogP contribution in [0.3, 0.4) is 0 Å². The molecule has 1 aromatic rings. The molecule has 1 aromatic carbocycles.